The van der Waals surface area contributed by atoms with Crippen molar-refractivity contribution in [2.45, 2.75) is 0 Å². The van der Waals surface area contributed by atoms with Gasteiger partial charge in [-0.05, 0) is 30.3 Å². The maximum atomic E-state index is 11.5. The zero-order chi connectivity index (χ0) is 15.9. The van der Waals surface area contributed by atoms with Crippen LogP contribution in [0.25, 0.3) is 22.6 Å². The number of halogens is 1. The fourth-order valence-corrected chi connectivity index (χ4v) is 2.42. The summed E-state index contributed by atoms with van der Waals surface area (Å²) in [6.07, 6.45) is 0. The number of primary amides is 1. The Morgan fingerprint density at radius 2 is 2.09 bits per heavy atom. The van der Waals surface area contributed by atoms with Crippen molar-refractivity contribution in [1.29, 1.82) is 0 Å². The summed E-state index contributed by atoms with van der Waals surface area (Å²) in [6, 6.07) is 8.19. The second kappa shape index (κ2) is 5.23. The van der Waals surface area contributed by atoms with Gasteiger partial charge in [-0.15, -0.1) is 0 Å². The van der Waals surface area contributed by atoms with E-state index in [0.717, 1.165) is 0 Å². The number of rotatable bonds is 3. The lowest BCUT2D eigenvalue weighted by molar-refractivity contribution is 0.100. The first kappa shape index (κ1) is 14.2. The topological polar surface area (TPSA) is 104 Å². The largest absolute Gasteiger partial charge is 0.495 e. The molecule has 7 heteroatoms. The lowest BCUT2D eigenvalue weighted by Gasteiger charge is -2.03. The number of nitrogens with two attached hydrogens (primary N) is 2. The molecule has 0 unspecified atom stereocenters. The van der Waals surface area contributed by atoms with E-state index >= 15 is 0 Å². The molecule has 2 aromatic carbocycles. The van der Waals surface area contributed by atoms with Gasteiger partial charge >= 0.3 is 0 Å². The average Bonchev–Trinajstić information content (AvgIpc) is 2.89. The van der Waals surface area contributed by atoms with E-state index in [2.05, 4.69) is 4.98 Å². The molecular formula is C15H12ClN3O3. The second-order valence-electron chi connectivity index (χ2n) is 4.65. The van der Waals surface area contributed by atoms with Gasteiger partial charge in [-0.1, -0.05) is 11.6 Å². The highest BCUT2D eigenvalue weighted by Crippen LogP contribution is 2.32. The monoisotopic (exact) mass is 317 g/mol. The van der Waals surface area contributed by atoms with E-state index in [9.17, 15) is 4.79 Å². The third-order valence-corrected chi connectivity index (χ3v) is 3.47. The summed E-state index contributed by atoms with van der Waals surface area (Å²) in [6.45, 7) is 0. The Bertz CT molecular complexity index is 889. The van der Waals surface area contributed by atoms with Crippen molar-refractivity contribution in [3.63, 3.8) is 0 Å². The van der Waals surface area contributed by atoms with Crippen molar-refractivity contribution in [2.24, 2.45) is 5.73 Å². The Labute approximate surface area is 130 Å². The molecule has 3 aromatic rings. The van der Waals surface area contributed by atoms with Crippen LogP contribution in [0.2, 0.25) is 5.02 Å². The van der Waals surface area contributed by atoms with Crippen molar-refractivity contribution in [1.82, 2.24) is 4.98 Å². The van der Waals surface area contributed by atoms with Gasteiger partial charge in [-0.2, -0.15) is 0 Å². The van der Waals surface area contributed by atoms with Crippen LogP contribution in [-0.2, 0) is 0 Å². The molecule has 22 heavy (non-hydrogen) atoms. The molecule has 0 atom stereocenters. The zero-order valence-corrected chi connectivity index (χ0v) is 12.3. The Hall–Kier alpha value is -2.73. The molecule has 0 saturated heterocycles. The van der Waals surface area contributed by atoms with E-state index in [1.165, 1.54) is 13.2 Å². The minimum Gasteiger partial charge on any atom is -0.495 e. The number of benzene rings is 2. The lowest BCUT2D eigenvalue weighted by atomic mass is 10.1. The first-order chi connectivity index (χ1) is 10.5. The van der Waals surface area contributed by atoms with Gasteiger partial charge in [0.05, 0.1) is 17.7 Å². The number of amides is 1. The Kier molecular flexibility index (Phi) is 3.38. The predicted molar refractivity (Wildman–Crippen MR) is 83.9 cm³/mol. The molecule has 0 radical (unpaired) electrons. The number of fused-ring (bicyclic) bond motifs is 1. The van der Waals surface area contributed by atoms with E-state index in [4.69, 9.17) is 32.2 Å². The summed E-state index contributed by atoms with van der Waals surface area (Å²) in [7, 11) is 1.53. The number of anilines is 1. The fourth-order valence-electron chi connectivity index (χ4n) is 2.16. The number of oxazole rings is 1. The normalized spacial score (nSPS) is 10.8. The van der Waals surface area contributed by atoms with Crippen LogP contribution in [0.3, 0.4) is 0 Å². The smallest absolute Gasteiger partial charge is 0.252 e. The molecular weight excluding hydrogens is 306 g/mol. The quantitative estimate of drug-likeness (QED) is 0.723. The van der Waals surface area contributed by atoms with Gasteiger partial charge in [0.2, 0.25) is 5.89 Å². The van der Waals surface area contributed by atoms with E-state index in [-0.39, 0.29) is 5.56 Å². The zero-order valence-electron chi connectivity index (χ0n) is 11.6. The molecule has 6 nitrogen and oxygen atoms in total. The van der Waals surface area contributed by atoms with Gasteiger partial charge in [0.1, 0.15) is 11.3 Å². The summed E-state index contributed by atoms with van der Waals surface area (Å²) in [5, 5.41) is 0.428. The highest BCUT2D eigenvalue weighted by molar-refractivity contribution is 6.32. The van der Waals surface area contributed by atoms with Crippen LogP contribution in [0.5, 0.6) is 5.75 Å². The van der Waals surface area contributed by atoms with Crippen molar-refractivity contribution < 1.29 is 13.9 Å². The van der Waals surface area contributed by atoms with Crippen LogP contribution >= 0.6 is 11.6 Å². The van der Waals surface area contributed by atoms with E-state index < -0.39 is 5.91 Å². The molecule has 112 valence electrons. The van der Waals surface area contributed by atoms with Gasteiger partial charge in [-0.25, -0.2) is 4.98 Å². The minimum absolute atomic E-state index is 0.188. The number of methoxy groups -OCH3 is 1. The van der Waals surface area contributed by atoms with Crippen LogP contribution in [0.4, 0.5) is 5.69 Å². The van der Waals surface area contributed by atoms with Crippen LogP contribution in [-0.4, -0.2) is 18.0 Å². The SMILES string of the molecule is COc1ccc(-c2nc3cc(N)cc(C(N)=O)c3o2)cc1Cl. The second-order valence-corrected chi connectivity index (χ2v) is 5.06. The van der Waals surface area contributed by atoms with Crippen LogP contribution in [0.1, 0.15) is 10.4 Å². The Morgan fingerprint density at radius 1 is 1.32 bits per heavy atom. The summed E-state index contributed by atoms with van der Waals surface area (Å²) < 4.78 is 10.8. The summed E-state index contributed by atoms with van der Waals surface area (Å²) in [5.74, 6) is 0.226. The standard InChI is InChI=1S/C15H12ClN3O3/c1-21-12-3-2-7(4-10(12)16)15-19-11-6-8(17)5-9(14(18)20)13(11)22-15/h2-6H,17H2,1H3,(H2,18,20). The maximum absolute atomic E-state index is 11.5. The third-order valence-electron chi connectivity index (χ3n) is 3.18. The average molecular weight is 318 g/mol. The third kappa shape index (κ3) is 2.33. The number of nitrogens with zero attached hydrogens (tertiary/aromatic N) is 1. The number of ether oxygens (including phenoxy) is 1. The number of carbonyl (C=O) groups excluding carboxylic acids is 1. The predicted octanol–water partition coefficient (Wildman–Crippen LogP) is 2.84. The number of aromatic nitrogens is 1. The van der Waals surface area contributed by atoms with Crippen molar-refractivity contribution in [3.8, 4) is 17.2 Å². The lowest BCUT2D eigenvalue weighted by Crippen LogP contribution is -2.11. The van der Waals surface area contributed by atoms with Crippen LogP contribution < -0.4 is 16.2 Å². The molecule has 1 aromatic heterocycles. The van der Waals surface area contributed by atoms with Gasteiger partial charge in [0.15, 0.2) is 5.58 Å². The van der Waals surface area contributed by atoms with Gasteiger partial charge in [-0.3, -0.25) is 4.79 Å². The van der Waals surface area contributed by atoms with Crippen molar-refractivity contribution in [2.75, 3.05) is 12.8 Å². The number of nitrogen functional groups attached to an aromatic ring is 1. The Morgan fingerprint density at radius 3 is 2.73 bits per heavy atom. The molecule has 0 aliphatic heterocycles. The van der Waals surface area contributed by atoms with E-state index in [1.807, 2.05) is 0 Å². The van der Waals surface area contributed by atoms with Gasteiger partial charge in [0, 0.05) is 11.3 Å². The van der Waals surface area contributed by atoms with Crippen molar-refractivity contribution >= 4 is 34.3 Å². The first-order valence-electron chi connectivity index (χ1n) is 6.33. The van der Waals surface area contributed by atoms with E-state index in [0.29, 0.717) is 39.0 Å². The number of carbonyl (C=O) groups is 1. The van der Waals surface area contributed by atoms with Crippen LogP contribution in [0, 0.1) is 0 Å². The fraction of sp³-hybridized carbons (Fsp3) is 0.0667. The summed E-state index contributed by atoms with van der Waals surface area (Å²) >= 11 is 6.10. The molecule has 0 fully saturated rings. The molecule has 0 bridgehead atoms. The highest BCUT2D eigenvalue weighted by atomic mass is 35.5. The molecule has 4 N–H and O–H groups in total. The molecule has 1 amide bonds. The maximum Gasteiger partial charge on any atom is 0.252 e. The number of hydrogen-bond donors (Lipinski definition) is 2. The molecule has 0 saturated carbocycles. The van der Waals surface area contributed by atoms with Crippen molar-refractivity contribution in [3.05, 3.63) is 40.9 Å². The highest BCUT2D eigenvalue weighted by Gasteiger charge is 2.16. The summed E-state index contributed by atoms with van der Waals surface area (Å²) in [4.78, 5) is 15.8. The number of hydrogen-bond acceptors (Lipinski definition) is 5. The molecule has 3 rings (SSSR count). The molecule has 1 heterocycles. The minimum atomic E-state index is -0.632. The van der Waals surface area contributed by atoms with Gasteiger partial charge < -0.3 is 20.6 Å². The van der Waals surface area contributed by atoms with Crippen LogP contribution in [0.15, 0.2) is 34.7 Å². The molecule has 0 aliphatic rings. The van der Waals surface area contributed by atoms with Gasteiger partial charge in [0.25, 0.3) is 5.91 Å². The Balaban J connectivity index is 2.18. The molecule has 0 aliphatic carbocycles. The molecule has 0 spiro atoms. The summed E-state index contributed by atoms with van der Waals surface area (Å²) in [5.41, 5.74) is 13.1. The van der Waals surface area contributed by atoms with E-state index in [1.54, 1.807) is 24.3 Å². The first-order valence-corrected chi connectivity index (χ1v) is 6.71.